The molecule has 0 bridgehead atoms. The lowest BCUT2D eigenvalue weighted by molar-refractivity contribution is -0.147. The van der Waals surface area contributed by atoms with Gasteiger partial charge < -0.3 is 14.5 Å². The van der Waals surface area contributed by atoms with E-state index in [4.69, 9.17) is 9.15 Å². The fourth-order valence-electron chi connectivity index (χ4n) is 2.97. The third-order valence-electron chi connectivity index (χ3n) is 4.26. The predicted octanol–water partition coefficient (Wildman–Crippen LogP) is 2.10. The second-order valence-electron chi connectivity index (χ2n) is 6.07. The number of furan rings is 1. The number of ether oxygens (including phenoxy) is 1. The molecular formula is C19H22N2O4. The van der Waals surface area contributed by atoms with Crippen LogP contribution < -0.4 is 5.32 Å². The summed E-state index contributed by atoms with van der Waals surface area (Å²) in [4.78, 5) is 26.3. The van der Waals surface area contributed by atoms with Crippen LogP contribution in [0.4, 0.5) is 0 Å². The molecule has 132 valence electrons. The summed E-state index contributed by atoms with van der Waals surface area (Å²) >= 11 is 0. The summed E-state index contributed by atoms with van der Waals surface area (Å²) in [6.07, 6.45) is 3.22. The second kappa shape index (κ2) is 8.48. The van der Waals surface area contributed by atoms with Gasteiger partial charge in [0.15, 0.2) is 0 Å². The minimum absolute atomic E-state index is 0.0789. The van der Waals surface area contributed by atoms with E-state index in [1.54, 1.807) is 12.3 Å². The van der Waals surface area contributed by atoms with Gasteiger partial charge >= 0.3 is 5.97 Å². The van der Waals surface area contributed by atoms with E-state index < -0.39 is 0 Å². The Morgan fingerprint density at radius 1 is 1.20 bits per heavy atom. The highest BCUT2D eigenvalue weighted by atomic mass is 16.5. The molecule has 1 amide bonds. The molecule has 1 N–H and O–H groups in total. The first-order chi connectivity index (χ1) is 12.2. The number of likely N-dealkylation sites (tertiary alicyclic amines) is 1. The van der Waals surface area contributed by atoms with Crippen LogP contribution >= 0.6 is 0 Å². The zero-order valence-electron chi connectivity index (χ0n) is 14.0. The Bertz CT molecular complexity index is 685. The van der Waals surface area contributed by atoms with Crippen molar-refractivity contribution in [2.24, 2.45) is 0 Å². The Kier molecular flexibility index (Phi) is 5.85. The van der Waals surface area contributed by atoms with Crippen LogP contribution in [0.25, 0.3) is 0 Å². The van der Waals surface area contributed by atoms with Gasteiger partial charge in [0.2, 0.25) is 5.91 Å². The molecule has 1 aromatic carbocycles. The van der Waals surface area contributed by atoms with Crippen LogP contribution in [0.1, 0.15) is 24.2 Å². The van der Waals surface area contributed by atoms with Gasteiger partial charge in [-0.2, -0.15) is 0 Å². The van der Waals surface area contributed by atoms with Crippen LogP contribution in [-0.2, 0) is 27.5 Å². The topological polar surface area (TPSA) is 71.8 Å². The molecule has 1 aliphatic heterocycles. The molecule has 1 fully saturated rings. The van der Waals surface area contributed by atoms with Gasteiger partial charge in [-0.1, -0.05) is 30.3 Å². The van der Waals surface area contributed by atoms with Gasteiger partial charge in [0.05, 0.1) is 25.4 Å². The van der Waals surface area contributed by atoms with Crippen LogP contribution in [-0.4, -0.2) is 35.9 Å². The molecule has 6 heteroatoms. The lowest BCUT2D eigenvalue weighted by atomic mass is 10.2. The van der Waals surface area contributed by atoms with Gasteiger partial charge in [0, 0.05) is 0 Å². The number of rotatable bonds is 7. The average Bonchev–Trinajstić information content (AvgIpc) is 3.30. The summed E-state index contributed by atoms with van der Waals surface area (Å²) in [7, 11) is 0. The van der Waals surface area contributed by atoms with Gasteiger partial charge in [-0.25, -0.2) is 0 Å². The minimum Gasteiger partial charge on any atom is -0.467 e. The van der Waals surface area contributed by atoms with Crippen LogP contribution in [0.5, 0.6) is 0 Å². The van der Waals surface area contributed by atoms with Gasteiger partial charge in [-0.3, -0.25) is 14.5 Å². The Morgan fingerprint density at radius 3 is 2.80 bits per heavy atom. The number of amides is 1. The third kappa shape index (κ3) is 4.93. The molecule has 25 heavy (non-hydrogen) atoms. The molecule has 1 aromatic heterocycles. The first-order valence-corrected chi connectivity index (χ1v) is 8.46. The molecule has 3 rings (SSSR count). The highest BCUT2D eigenvalue weighted by Gasteiger charge is 2.32. The quantitative estimate of drug-likeness (QED) is 0.780. The zero-order valence-corrected chi connectivity index (χ0v) is 14.0. The molecule has 2 heterocycles. The molecule has 0 spiro atoms. The first-order valence-electron chi connectivity index (χ1n) is 8.46. The summed E-state index contributed by atoms with van der Waals surface area (Å²) in [5.41, 5.74) is 0.949. The number of carbonyl (C=O) groups is 2. The van der Waals surface area contributed by atoms with Gasteiger partial charge in [0.25, 0.3) is 0 Å². The Labute approximate surface area is 146 Å². The largest absolute Gasteiger partial charge is 0.467 e. The smallest absolute Gasteiger partial charge is 0.320 e. The summed E-state index contributed by atoms with van der Waals surface area (Å²) in [6.45, 7) is 1.46. The number of nitrogens with one attached hydrogen (secondary N) is 1. The van der Waals surface area contributed by atoms with Gasteiger partial charge in [-0.05, 0) is 37.1 Å². The number of hydrogen-bond acceptors (Lipinski definition) is 5. The lowest BCUT2D eigenvalue weighted by Crippen LogP contribution is -2.45. The molecule has 6 nitrogen and oxygen atoms in total. The molecular weight excluding hydrogens is 320 g/mol. The normalized spacial score (nSPS) is 17.4. The molecule has 1 saturated heterocycles. The van der Waals surface area contributed by atoms with Gasteiger partial charge in [0.1, 0.15) is 12.4 Å². The van der Waals surface area contributed by atoms with Crippen molar-refractivity contribution in [2.75, 3.05) is 13.1 Å². The van der Waals surface area contributed by atoms with Crippen molar-refractivity contribution in [2.45, 2.75) is 32.0 Å². The number of hydrogen-bond donors (Lipinski definition) is 1. The van der Waals surface area contributed by atoms with Crippen LogP contribution in [0.2, 0.25) is 0 Å². The van der Waals surface area contributed by atoms with E-state index in [9.17, 15) is 9.59 Å². The lowest BCUT2D eigenvalue weighted by Gasteiger charge is -2.22. The maximum absolute atomic E-state index is 12.4. The zero-order chi connectivity index (χ0) is 17.5. The molecule has 1 aliphatic rings. The van der Waals surface area contributed by atoms with E-state index in [0.29, 0.717) is 12.3 Å². The van der Waals surface area contributed by atoms with Crippen molar-refractivity contribution in [3.05, 3.63) is 60.1 Å². The van der Waals surface area contributed by atoms with E-state index >= 15 is 0 Å². The van der Waals surface area contributed by atoms with Crippen molar-refractivity contribution < 1.29 is 18.7 Å². The number of carbonyl (C=O) groups excluding carboxylic acids is 2. The standard InChI is InChI=1S/C19H22N2O4/c22-18(25-14-15-6-2-1-3-7-15)13-21-10-4-9-17(21)19(23)20-12-16-8-5-11-24-16/h1-3,5-8,11,17H,4,9-10,12-14H2,(H,20,23)/t17-/m0/s1. The Hall–Kier alpha value is -2.60. The fourth-order valence-corrected chi connectivity index (χ4v) is 2.97. The van der Waals surface area contributed by atoms with Crippen LogP contribution in [0.3, 0.4) is 0 Å². The Balaban J connectivity index is 1.45. The number of esters is 1. The van der Waals surface area contributed by atoms with E-state index in [1.165, 1.54) is 0 Å². The average molecular weight is 342 g/mol. The van der Waals surface area contributed by atoms with E-state index in [1.807, 2.05) is 41.3 Å². The van der Waals surface area contributed by atoms with Crippen molar-refractivity contribution in [1.82, 2.24) is 10.2 Å². The van der Waals surface area contributed by atoms with Crippen LogP contribution in [0.15, 0.2) is 53.1 Å². The summed E-state index contributed by atoms with van der Waals surface area (Å²) in [5.74, 6) is 0.319. The third-order valence-corrected chi connectivity index (χ3v) is 4.26. The van der Waals surface area contributed by atoms with Crippen molar-refractivity contribution in [3.8, 4) is 0 Å². The van der Waals surface area contributed by atoms with Crippen molar-refractivity contribution >= 4 is 11.9 Å². The summed E-state index contributed by atoms with van der Waals surface area (Å²) < 4.78 is 10.5. The fraction of sp³-hybridized carbons (Fsp3) is 0.368. The highest BCUT2D eigenvalue weighted by molar-refractivity contribution is 5.83. The maximum atomic E-state index is 12.4. The van der Waals surface area contributed by atoms with E-state index in [2.05, 4.69) is 5.32 Å². The molecule has 0 saturated carbocycles. The monoisotopic (exact) mass is 342 g/mol. The molecule has 0 aliphatic carbocycles. The number of nitrogens with zero attached hydrogens (tertiary/aromatic N) is 1. The molecule has 0 radical (unpaired) electrons. The van der Waals surface area contributed by atoms with Crippen molar-refractivity contribution in [3.63, 3.8) is 0 Å². The van der Waals surface area contributed by atoms with E-state index in [-0.39, 0.29) is 31.1 Å². The predicted molar refractivity (Wildman–Crippen MR) is 91.4 cm³/mol. The maximum Gasteiger partial charge on any atom is 0.320 e. The Morgan fingerprint density at radius 2 is 2.04 bits per heavy atom. The first kappa shape index (κ1) is 17.2. The highest BCUT2D eigenvalue weighted by Crippen LogP contribution is 2.17. The van der Waals surface area contributed by atoms with E-state index in [0.717, 1.165) is 24.9 Å². The second-order valence-corrected chi connectivity index (χ2v) is 6.07. The molecule has 2 aromatic rings. The molecule has 0 unspecified atom stereocenters. The SMILES string of the molecule is O=C(CN1CCC[C@H]1C(=O)NCc1ccco1)OCc1ccccc1. The number of benzene rings is 1. The minimum atomic E-state index is -0.311. The van der Waals surface area contributed by atoms with Crippen molar-refractivity contribution in [1.29, 1.82) is 0 Å². The van der Waals surface area contributed by atoms with Gasteiger partial charge in [-0.15, -0.1) is 0 Å². The summed E-state index contributed by atoms with van der Waals surface area (Å²) in [6, 6.07) is 12.9. The molecule has 1 atom stereocenters. The van der Waals surface area contributed by atoms with Crippen LogP contribution in [0, 0.1) is 0 Å². The summed E-state index contributed by atoms with van der Waals surface area (Å²) in [5, 5.41) is 2.86.